The summed E-state index contributed by atoms with van der Waals surface area (Å²) in [6.07, 6.45) is -0.946. The molecule has 1 fully saturated rings. The fourth-order valence-electron chi connectivity index (χ4n) is 5.50. The van der Waals surface area contributed by atoms with Crippen LogP contribution in [0.3, 0.4) is 0 Å². The third kappa shape index (κ3) is 6.75. The Labute approximate surface area is 232 Å². The SMILES string of the molecule is CC[C@H]([C@H](OC(=O)N1C(C)(C)COC1(C)C)C(=O)c1ccccc1)N(Cc1ccccc1)Cc1ccccc1. The van der Waals surface area contributed by atoms with Gasteiger partial charge in [0.25, 0.3) is 0 Å². The number of hydrogen-bond donors (Lipinski definition) is 0. The number of ether oxygens (including phenoxy) is 2. The third-order valence-corrected chi connectivity index (χ3v) is 7.34. The van der Waals surface area contributed by atoms with Crippen molar-refractivity contribution >= 4 is 11.9 Å². The fourth-order valence-corrected chi connectivity index (χ4v) is 5.50. The first kappa shape index (κ1) is 28.5. The molecular weight excluding hydrogens is 488 g/mol. The molecule has 1 saturated heterocycles. The van der Waals surface area contributed by atoms with Gasteiger partial charge in [0.05, 0.1) is 18.2 Å². The van der Waals surface area contributed by atoms with Crippen LogP contribution in [0, 0.1) is 0 Å². The number of ketones is 1. The van der Waals surface area contributed by atoms with Gasteiger partial charge >= 0.3 is 6.09 Å². The lowest BCUT2D eigenvalue weighted by atomic mass is 9.96. The summed E-state index contributed by atoms with van der Waals surface area (Å²) in [5, 5.41) is 0. The first-order valence-corrected chi connectivity index (χ1v) is 13.7. The lowest BCUT2D eigenvalue weighted by Crippen LogP contribution is -2.56. The zero-order chi connectivity index (χ0) is 28.0. The molecule has 206 valence electrons. The van der Waals surface area contributed by atoms with E-state index in [4.69, 9.17) is 9.47 Å². The number of Topliss-reactive ketones (excluding diaryl/α,β-unsaturated/α-hetero) is 1. The lowest BCUT2D eigenvalue weighted by molar-refractivity contribution is -0.0636. The molecule has 0 unspecified atom stereocenters. The molecule has 1 aliphatic heterocycles. The summed E-state index contributed by atoms with van der Waals surface area (Å²) in [6, 6.07) is 29.1. The summed E-state index contributed by atoms with van der Waals surface area (Å²) in [5.41, 5.74) is 1.34. The smallest absolute Gasteiger partial charge is 0.413 e. The van der Waals surface area contributed by atoms with Crippen LogP contribution in [0.5, 0.6) is 0 Å². The van der Waals surface area contributed by atoms with E-state index in [0.717, 1.165) is 11.1 Å². The quantitative estimate of drug-likeness (QED) is 0.274. The highest BCUT2D eigenvalue weighted by Gasteiger charge is 2.51. The predicted molar refractivity (Wildman–Crippen MR) is 153 cm³/mol. The molecule has 39 heavy (non-hydrogen) atoms. The number of amides is 1. The summed E-state index contributed by atoms with van der Waals surface area (Å²) in [4.78, 5) is 31.8. The van der Waals surface area contributed by atoms with Crippen molar-refractivity contribution in [3.8, 4) is 0 Å². The second kappa shape index (κ2) is 12.1. The van der Waals surface area contributed by atoms with E-state index in [1.807, 2.05) is 89.2 Å². The van der Waals surface area contributed by atoms with Gasteiger partial charge in [0.2, 0.25) is 5.78 Å². The molecule has 0 spiro atoms. The van der Waals surface area contributed by atoms with Gasteiger partial charge in [0, 0.05) is 18.7 Å². The second-order valence-corrected chi connectivity index (χ2v) is 11.3. The Morgan fingerprint density at radius 3 is 1.77 bits per heavy atom. The van der Waals surface area contributed by atoms with Gasteiger partial charge < -0.3 is 9.47 Å². The molecule has 2 atom stereocenters. The maximum atomic E-state index is 14.1. The molecule has 0 radical (unpaired) electrons. The van der Waals surface area contributed by atoms with Gasteiger partial charge in [-0.1, -0.05) is 97.9 Å². The number of benzene rings is 3. The molecule has 0 aliphatic carbocycles. The molecule has 1 aliphatic rings. The third-order valence-electron chi connectivity index (χ3n) is 7.34. The van der Waals surface area contributed by atoms with Crippen molar-refractivity contribution in [3.63, 3.8) is 0 Å². The van der Waals surface area contributed by atoms with Crippen molar-refractivity contribution < 1.29 is 19.1 Å². The van der Waals surface area contributed by atoms with Crippen molar-refractivity contribution in [2.45, 2.75) is 77.5 Å². The van der Waals surface area contributed by atoms with E-state index in [2.05, 4.69) is 29.2 Å². The van der Waals surface area contributed by atoms with Crippen LogP contribution < -0.4 is 0 Å². The minimum Gasteiger partial charge on any atom is -0.436 e. The number of carbonyl (C=O) groups excluding carboxylic acids is 2. The van der Waals surface area contributed by atoms with E-state index >= 15 is 0 Å². The van der Waals surface area contributed by atoms with Crippen molar-refractivity contribution in [2.75, 3.05) is 6.61 Å². The average molecular weight is 529 g/mol. The number of hydrogen-bond acceptors (Lipinski definition) is 5. The van der Waals surface area contributed by atoms with Crippen LogP contribution in [0.25, 0.3) is 0 Å². The molecule has 0 N–H and O–H groups in total. The van der Waals surface area contributed by atoms with Crippen LogP contribution in [0.15, 0.2) is 91.0 Å². The van der Waals surface area contributed by atoms with Gasteiger partial charge in [-0.15, -0.1) is 0 Å². The van der Waals surface area contributed by atoms with Gasteiger partial charge in [-0.2, -0.15) is 0 Å². The van der Waals surface area contributed by atoms with E-state index in [1.165, 1.54) is 0 Å². The van der Waals surface area contributed by atoms with Gasteiger partial charge in [-0.3, -0.25) is 14.6 Å². The largest absolute Gasteiger partial charge is 0.436 e. The summed E-state index contributed by atoms with van der Waals surface area (Å²) in [7, 11) is 0. The minimum absolute atomic E-state index is 0.211. The Morgan fingerprint density at radius 2 is 1.33 bits per heavy atom. The number of rotatable bonds is 10. The van der Waals surface area contributed by atoms with E-state index in [9.17, 15) is 9.59 Å². The van der Waals surface area contributed by atoms with E-state index in [0.29, 0.717) is 31.7 Å². The standard InChI is InChI=1S/C33H40N2O4/c1-6-28(34(22-25-16-10-7-11-17-25)23-26-18-12-8-13-19-26)30(29(36)27-20-14-9-15-21-27)39-31(37)35-32(2,3)24-38-33(35,4)5/h7-21,28,30H,6,22-24H2,1-5H3/t28-,30+/m1/s1. The Morgan fingerprint density at radius 1 is 0.846 bits per heavy atom. The highest BCUT2D eigenvalue weighted by atomic mass is 16.6. The molecule has 0 aromatic heterocycles. The predicted octanol–water partition coefficient (Wildman–Crippen LogP) is 6.70. The average Bonchev–Trinajstić information content (AvgIpc) is 3.16. The molecule has 3 aromatic carbocycles. The van der Waals surface area contributed by atoms with E-state index < -0.39 is 23.5 Å². The summed E-state index contributed by atoms with van der Waals surface area (Å²) in [6.45, 7) is 11.2. The Kier molecular flexibility index (Phi) is 8.88. The van der Waals surface area contributed by atoms with Crippen LogP contribution in [0.4, 0.5) is 4.79 Å². The van der Waals surface area contributed by atoms with Crippen LogP contribution in [0.1, 0.15) is 62.5 Å². The summed E-state index contributed by atoms with van der Waals surface area (Å²) >= 11 is 0. The van der Waals surface area contributed by atoms with Crippen LogP contribution in [-0.2, 0) is 22.6 Å². The zero-order valence-corrected chi connectivity index (χ0v) is 23.7. The molecule has 0 bridgehead atoms. The van der Waals surface area contributed by atoms with E-state index in [-0.39, 0.29) is 11.8 Å². The number of carbonyl (C=O) groups is 2. The Bertz CT molecular complexity index is 1170. The van der Waals surface area contributed by atoms with Crippen molar-refractivity contribution in [3.05, 3.63) is 108 Å². The molecule has 6 heteroatoms. The van der Waals surface area contributed by atoms with Crippen molar-refractivity contribution in [2.24, 2.45) is 0 Å². The van der Waals surface area contributed by atoms with Gasteiger partial charge in [-0.05, 0) is 45.2 Å². The molecule has 0 saturated carbocycles. The topological polar surface area (TPSA) is 59.1 Å². The van der Waals surface area contributed by atoms with Gasteiger partial charge in [0.15, 0.2) is 6.10 Å². The van der Waals surface area contributed by atoms with Crippen LogP contribution in [-0.4, -0.2) is 51.7 Å². The summed E-state index contributed by atoms with van der Waals surface area (Å²) < 4.78 is 12.2. The Balaban J connectivity index is 1.73. The van der Waals surface area contributed by atoms with Crippen molar-refractivity contribution in [1.29, 1.82) is 0 Å². The Hall–Kier alpha value is -3.48. The molecular formula is C33H40N2O4. The van der Waals surface area contributed by atoms with Crippen molar-refractivity contribution in [1.82, 2.24) is 9.80 Å². The zero-order valence-electron chi connectivity index (χ0n) is 23.7. The van der Waals surface area contributed by atoms with Crippen LogP contribution >= 0.6 is 0 Å². The lowest BCUT2D eigenvalue weighted by Gasteiger charge is -2.40. The van der Waals surface area contributed by atoms with Gasteiger partial charge in [-0.25, -0.2) is 4.79 Å². The maximum Gasteiger partial charge on any atom is 0.413 e. The molecule has 6 nitrogen and oxygen atoms in total. The highest BCUT2D eigenvalue weighted by molar-refractivity contribution is 6.00. The second-order valence-electron chi connectivity index (χ2n) is 11.3. The normalized spacial score (nSPS) is 17.5. The first-order chi connectivity index (χ1) is 18.6. The first-order valence-electron chi connectivity index (χ1n) is 13.7. The fraction of sp³-hybridized carbons (Fsp3) is 0.394. The molecule has 1 heterocycles. The minimum atomic E-state index is -1.01. The summed E-state index contributed by atoms with van der Waals surface area (Å²) in [5.74, 6) is -0.211. The van der Waals surface area contributed by atoms with Gasteiger partial charge in [0.1, 0.15) is 5.72 Å². The molecule has 1 amide bonds. The highest BCUT2D eigenvalue weighted by Crippen LogP contribution is 2.36. The van der Waals surface area contributed by atoms with E-state index in [1.54, 1.807) is 17.0 Å². The molecule has 3 aromatic rings. The van der Waals surface area contributed by atoms with Crippen LogP contribution in [0.2, 0.25) is 0 Å². The monoisotopic (exact) mass is 528 g/mol. The molecule has 4 rings (SSSR count). The number of nitrogens with zero attached hydrogens (tertiary/aromatic N) is 2. The maximum absolute atomic E-state index is 14.1.